The lowest BCUT2D eigenvalue weighted by molar-refractivity contribution is 0.159. The van der Waals surface area contributed by atoms with Gasteiger partial charge in [-0.2, -0.15) is 0 Å². The highest BCUT2D eigenvalue weighted by Gasteiger charge is 2.30. The SMILES string of the molecule is CC1CCN(Cc2ccccc2)CC1N(C)c1ncnc2[nH]ccc12.Cl. The summed E-state index contributed by atoms with van der Waals surface area (Å²) in [5.41, 5.74) is 2.29. The number of nitrogens with one attached hydrogen (secondary N) is 1. The van der Waals surface area contributed by atoms with Crippen molar-refractivity contribution in [3.8, 4) is 0 Å². The molecule has 1 saturated heterocycles. The number of aromatic amines is 1. The lowest BCUT2D eigenvalue weighted by Crippen LogP contribution is -2.50. The molecular formula is C20H26ClN5. The topological polar surface area (TPSA) is 48.1 Å². The number of hydrogen-bond acceptors (Lipinski definition) is 4. The van der Waals surface area contributed by atoms with Crippen LogP contribution in [0.5, 0.6) is 0 Å². The number of likely N-dealkylation sites (N-methyl/N-ethyl adjacent to an activating group) is 1. The predicted octanol–water partition coefficient (Wildman–Crippen LogP) is 3.73. The van der Waals surface area contributed by atoms with E-state index in [1.54, 1.807) is 6.33 Å². The number of halogens is 1. The molecule has 4 rings (SSSR count). The van der Waals surface area contributed by atoms with E-state index in [4.69, 9.17) is 0 Å². The summed E-state index contributed by atoms with van der Waals surface area (Å²) in [6.45, 7) is 5.59. The summed E-state index contributed by atoms with van der Waals surface area (Å²) in [7, 11) is 2.17. The van der Waals surface area contributed by atoms with Gasteiger partial charge in [-0.05, 0) is 30.5 Å². The van der Waals surface area contributed by atoms with Crippen LogP contribution in [-0.2, 0) is 6.54 Å². The van der Waals surface area contributed by atoms with Crippen molar-refractivity contribution in [1.29, 1.82) is 0 Å². The third kappa shape index (κ3) is 3.69. The van der Waals surface area contributed by atoms with E-state index in [9.17, 15) is 0 Å². The average Bonchev–Trinajstić information content (AvgIpc) is 3.12. The van der Waals surface area contributed by atoms with E-state index in [0.29, 0.717) is 12.0 Å². The number of H-pyrrole nitrogens is 1. The zero-order valence-corrected chi connectivity index (χ0v) is 16.1. The van der Waals surface area contributed by atoms with Crippen LogP contribution in [-0.4, -0.2) is 46.0 Å². The maximum absolute atomic E-state index is 4.57. The lowest BCUT2D eigenvalue weighted by Gasteiger charge is -2.42. The van der Waals surface area contributed by atoms with Crippen LogP contribution in [0.2, 0.25) is 0 Å². The normalized spacial score (nSPS) is 20.7. The molecule has 0 radical (unpaired) electrons. The van der Waals surface area contributed by atoms with Crippen LogP contribution in [0.3, 0.4) is 0 Å². The minimum Gasteiger partial charge on any atom is -0.354 e. The summed E-state index contributed by atoms with van der Waals surface area (Å²) >= 11 is 0. The van der Waals surface area contributed by atoms with Crippen LogP contribution in [0.25, 0.3) is 11.0 Å². The van der Waals surface area contributed by atoms with Crippen LogP contribution >= 0.6 is 12.4 Å². The Bertz CT molecular complexity index is 834. The van der Waals surface area contributed by atoms with Gasteiger partial charge in [-0.3, -0.25) is 4.90 Å². The van der Waals surface area contributed by atoms with Crippen molar-refractivity contribution in [3.63, 3.8) is 0 Å². The maximum atomic E-state index is 4.57. The molecule has 0 bridgehead atoms. The van der Waals surface area contributed by atoms with Crippen molar-refractivity contribution in [2.24, 2.45) is 5.92 Å². The molecule has 2 aromatic heterocycles. The number of hydrogen-bond donors (Lipinski definition) is 1. The summed E-state index contributed by atoms with van der Waals surface area (Å²) in [6.07, 6.45) is 4.80. The fourth-order valence-corrected chi connectivity index (χ4v) is 3.90. The van der Waals surface area contributed by atoms with E-state index in [1.165, 1.54) is 12.0 Å². The predicted molar refractivity (Wildman–Crippen MR) is 109 cm³/mol. The zero-order chi connectivity index (χ0) is 17.2. The number of likely N-dealkylation sites (tertiary alicyclic amines) is 1. The molecule has 6 heteroatoms. The van der Waals surface area contributed by atoms with Gasteiger partial charge in [-0.25, -0.2) is 9.97 Å². The largest absolute Gasteiger partial charge is 0.354 e. The summed E-state index contributed by atoms with van der Waals surface area (Å²) in [4.78, 5) is 17.0. The van der Waals surface area contributed by atoms with Crippen molar-refractivity contribution in [3.05, 3.63) is 54.5 Å². The highest BCUT2D eigenvalue weighted by Crippen LogP contribution is 2.29. The van der Waals surface area contributed by atoms with E-state index in [0.717, 1.165) is 36.5 Å². The maximum Gasteiger partial charge on any atom is 0.142 e. The molecule has 1 N–H and O–H groups in total. The van der Waals surface area contributed by atoms with Gasteiger partial charge in [-0.15, -0.1) is 12.4 Å². The number of nitrogens with zero attached hydrogens (tertiary/aromatic N) is 4. The Morgan fingerprint density at radius 3 is 2.81 bits per heavy atom. The first kappa shape index (κ1) is 18.7. The molecule has 2 atom stereocenters. The molecule has 1 aliphatic rings. The monoisotopic (exact) mass is 371 g/mol. The molecule has 26 heavy (non-hydrogen) atoms. The van der Waals surface area contributed by atoms with Crippen molar-refractivity contribution >= 4 is 29.3 Å². The first-order chi connectivity index (χ1) is 12.2. The van der Waals surface area contributed by atoms with Crippen LogP contribution < -0.4 is 4.90 Å². The van der Waals surface area contributed by atoms with Gasteiger partial charge < -0.3 is 9.88 Å². The molecule has 3 heterocycles. The van der Waals surface area contributed by atoms with E-state index >= 15 is 0 Å². The third-order valence-electron chi connectivity index (χ3n) is 5.42. The summed E-state index contributed by atoms with van der Waals surface area (Å²) in [6, 6.07) is 13.3. The number of benzene rings is 1. The number of aromatic nitrogens is 3. The van der Waals surface area contributed by atoms with Gasteiger partial charge in [0.15, 0.2) is 0 Å². The Hall–Kier alpha value is -2.11. The molecule has 0 amide bonds. The standard InChI is InChI=1S/C20H25N5.ClH/c1-15-9-11-25(12-16-6-4-3-5-7-16)13-18(15)24(2)20-17-8-10-21-19(17)22-14-23-20;/h3-8,10,14-15,18H,9,11-13H2,1-2H3,(H,21,22,23);1H. The second kappa shape index (κ2) is 8.06. The van der Waals surface area contributed by atoms with Crippen molar-refractivity contribution in [1.82, 2.24) is 19.9 Å². The minimum atomic E-state index is 0. The van der Waals surface area contributed by atoms with Crippen LogP contribution in [0.15, 0.2) is 48.9 Å². The number of piperidine rings is 1. The second-order valence-electron chi connectivity index (χ2n) is 7.10. The molecule has 1 aromatic carbocycles. The van der Waals surface area contributed by atoms with Gasteiger partial charge >= 0.3 is 0 Å². The molecule has 1 fully saturated rings. The Labute approximate surface area is 160 Å². The Morgan fingerprint density at radius 1 is 1.19 bits per heavy atom. The smallest absolute Gasteiger partial charge is 0.142 e. The van der Waals surface area contributed by atoms with Gasteiger partial charge in [0.1, 0.15) is 17.8 Å². The third-order valence-corrected chi connectivity index (χ3v) is 5.42. The van der Waals surface area contributed by atoms with Gasteiger partial charge in [0, 0.05) is 32.4 Å². The number of anilines is 1. The highest BCUT2D eigenvalue weighted by molar-refractivity contribution is 5.87. The molecule has 0 spiro atoms. The van der Waals surface area contributed by atoms with Crippen LogP contribution in [0.1, 0.15) is 18.9 Å². The van der Waals surface area contributed by atoms with Crippen LogP contribution in [0.4, 0.5) is 5.82 Å². The van der Waals surface area contributed by atoms with E-state index in [2.05, 4.69) is 75.1 Å². The Balaban J connectivity index is 0.00000196. The summed E-state index contributed by atoms with van der Waals surface area (Å²) in [5.74, 6) is 1.66. The van der Waals surface area contributed by atoms with Crippen molar-refractivity contribution in [2.75, 3.05) is 25.0 Å². The molecule has 5 nitrogen and oxygen atoms in total. The quantitative estimate of drug-likeness (QED) is 0.759. The Morgan fingerprint density at radius 2 is 2.00 bits per heavy atom. The number of fused-ring (bicyclic) bond motifs is 1. The highest BCUT2D eigenvalue weighted by atomic mass is 35.5. The number of rotatable bonds is 4. The van der Waals surface area contributed by atoms with Crippen LogP contribution in [0, 0.1) is 5.92 Å². The van der Waals surface area contributed by atoms with Gasteiger partial charge in [0.05, 0.1) is 5.39 Å². The zero-order valence-electron chi connectivity index (χ0n) is 15.3. The van der Waals surface area contributed by atoms with Crippen molar-refractivity contribution in [2.45, 2.75) is 25.9 Å². The van der Waals surface area contributed by atoms with Gasteiger partial charge in [-0.1, -0.05) is 37.3 Å². The molecule has 1 aliphatic heterocycles. The summed E-state index contributed by atoms with van der Waals surface area (Å²) in [5, 5.41) is 1.09. The first-order valence-corrected chi connectivity index (χ1v) is 8.99. The van der Waals surface area contributed by atoms with E-state index in [1.807, 2.05) is 6.20 Å². The average molecular weight is 372 g/mol. The first-order valence-electron chi connectivity index (χ1n) is 8.99. The molecule has 0 saturated carbocycles. The van der Waals surface area contributed by atoms with E-state index < -0.39 is 0 Å². The van der Waals surface area contributed by atoms with Crippen molar-refractivity contribution < 1.29 is 0 Å². The fraction of sp³-hybridized carbons (Fsp3) is 0.400. The molecule has 3 aromatic rings. The molecular weight excluding hydrogens is 346 g/mol. The molecule has 2 unspecified atom stereocenters. The summed E-state index contributed by atoms with van der Waals surface area (Å²) < 4.78 is 0. The van der Waals surface area contributed by atoms with Gasteiger partial charge in [0.25, 0.3) is 0 Å². The second-order valence-corrected chi connectivity index (χ2v) is 7.10. The minimum absolute atomic E-state index is 0. The van der Waals surface area contributed by atoms with Gasteiger partial charge in [0.2, 0.25) is 0 Å². The molecule has 138 valence electrons. The van der Waals surface area contributed by atoms with E-state index in [-0.39, 0.29) is 12.4 Å². The molecule has 0 aliphatic carbocycles. The Kier molecular flexibility index (Phi) is 5.79. The fourth-order valence-electron chi connectivity index (χ4n) is 3.90. The lowest BCUT2D eigenvalue weighted by atomic mass is 9.92.